The van der Waals surface area contributed by atoms with E-state index in [2.05, 4.69) is 40.5 Å². The van der Waals surface area contributed by atoms with Crippen LogP contribution in [0.25, 0.3) is 10.2 Å². The third-order valence-corrected chi connectivity index (χ3v) is 7.21. The number of morpholine rings is 1. The van der Waals surface area contributed by atoms with E-state index in [1.165, 1.54) is 11.1 Å². The van der Waals surface area contributed by atoms with Gasteiger partial charge in [-0.1, -0.05) is 21.9 Å². The molecule has 2 aromatic heterocycles. The maximum absolute atomic E-state index is 13.3. The molecule has 1 fully saturated rings. The fourth-order valence-corrected chi connectivity index (χ4v) is 5.10. The van der Waals surface area contributed by atoms with Gasteiger partial charge in [-0.25, -0.2) is 4.98 Å². The van der Waals surface area contributed by atoms with Crippen molar-refractivity contribution in [3.8, 4) is 0 Å². The van der Waals surface area contributed by atoms with Crippen LogP contribution in [0.5, 0.6) is 0 Å². The van der Waals surface area contributed by atoms with Crippen molar-refractivity contribution in [2.75, 3.05) is 44.3 Å². The van der Waals surface area contributed by atoms with E-state index in [9.17, 15) is 4.79 Å². The Morgan fingerprint density at radius 3 is 2.76 bits per heavy atom. The lowest BCUT2D eigenvalue weighted by atomic mass is 10.1. The van der Waals surface area contributed by atoms with Crippen LogP contribution in [-0.4, -0.2) is 64.8 Å². The second-order valence-electron chi connectivity index (χ2n) is 7.30. The van der Waals surface area contributed by atoms with E-state index in [0.717, 1.165) is 66.1 Å². The minimum Gasteiger partial charge on any atom is -0.379 e. The molecule has 1 aliphatic heterocycles. The quantitative estimate of drug-likeness (QED) is 0.595. The van der Waals surface area contributed by atoms with Gasteiger partial charge < -0.3 is 4.74 Å². The van der Waals surface area contributed by atoms with Crippen LogP contribution in [0.15, 0.2) is 12.1 Å². The standard InChI is InChI=1S/C20H25N5O2S2/c1-13-5-6-16-17(14(13)2)21-20(28-16)25(19(26)18-15(3)22-23-29-18)8-4-7-24-9-11-27-12-10-24/h5-6H,4,7-12H2,1-3H3. The summed E-state index contributed by atoms with van der Waals surface area (Å²) in [5, 5.41) is 4.76. The van der Waals surface area contributed by atoms with Gasteiger partial charge in [0.15, 0.2) is 5.13 Å². The van der Waals surface area contributed by atoms with E-state index in [-0.39, 0.29) is 5.91 Å². The summed E-state index contributed by atoms with van der Waals surface area (Å²) in [6.45, 7) is 11.0. The average Bonchev–Trinajstić information content (AvgIpc) is 3.35. The number of carbonyl (C=O) groups excluding carboxylic acids is 1. The second-order valence-corrected chi connectivity index (χ2v) is 9.07. The lowest BCUT2D eigenvalue weighted by Crippen LogP contribution is -2.39. The molecule has 154 valence electrons. The van der Waals surface area contributed by atoms with Gasteiger partial charge in [0.2, 0.25) is 0 Å². The Kier molecular flexibility index (Phi) is 6.19. The zero-order valence-electron chi connectivity index (χ0n) is 17.0. The van der Waals surface area contributed by atoms with E-state index in [4.69, 9.17) is 9.72 Å². The molecular weight excluding hydrogens is 406 g/mol. The molecule has 1 aliphatic rings. The highest BCUT2D eigenvalue weighted by atomic mass is 32.1. The summed E-state index contributed by atoms with van der Waals surface area (Å²) in [6, 6.07) is 4.20. The third kappa shape index (κ3) is 4.32. The van der Waals surface area contributed by atoms with Crippen LogP contribution in [0.1, 0.15) is 32.9 Å². The monoisotopic (exact) mass is 431 g/mol. The van der Waals surface area contributed by atoms with Gasteiger partial charge in [0.1, 0.15) is 4.88 Å². The number of ether oxygens (including phenoxy) is 1. The topological polar surface area (TPSA) is 71.5 Å². The normalized spacial score (nSPS) is 15.1. The molecule has 0 N–H and O–H groups in total. The van der Waals surface area contributed by atoms with Gasteiger partial charge in [-0.15, -0.1) is 5.10 Å². The summed E-state index contributed by atoms with van der Waals surface area (Å²) in [6.07, 6.45) is 0.880. The number of aromatic nitrogens is 3. The zero-order chi connectivity index (χ0) is 20.4. The number of amides is 1. The molecule has 0 aliphatic carbocycles. The summed E-state index contributed by atoms with van der Waals surface area (Å²) >= 11 is 2.72. The van der Waals surface area contributed by atoms with Crippen molar-refractivity contribution in [2.45, 2.75) is 27.2 Å². The van der Waals surface area contributed by atoms with Crippen molar-refractivity contribution < 1.29 is 9.53 Å². The highest BCUT2D eigenvalue weighted by Crippen LogP contribution is 2.33. The van der Waals surface area contributed by atoms with E-state index in [1.807, 2.05) is 11.8 Å². The molecule has 3 heterocycles. The Labute approximate surface area is 178 Å². The first-order valence-electron chi connectivity index (χ1n) is 9.82. The number of benzene rings is 1. The molecule has 0 unspecified atom stereocenters. The average molecular weight is 432 g/mol. The van der Waals surface area contributed by atoms with Crippen molar-refractivity contribution in [1.29, 1.82) is 0 Å². The predicted octanol–water partition coefficient (Wildman–Crippen LogP) is 3.44. The Morgan fingerprint density at radius 1 is 1.24 bits per heavy atom. The van der Waals surface area contributed by atoms with E-state index in [0.29, 0.717) is 17.1 Å². The molecule has 1 aromatic carbocycles. The highest BCUT2D eigenvalue weighted by Gasteiger charge is 2.25. The summed E-state index contributed by atoms with van der Waals surface area (Å²) in [4.78, 5) is 23.0. The molecule has 29 heavy (non-hydrogen) atoms. The summed E-state index contributed by atoms with van der Waals surface area (Å²) in [5.41, 5.74) is 4.03. The smallest absolute Gasteiger partial charge is 0.273 e. The minimum absolute atomic E-state index is 0.0621. The van der Waals surface area contributed by atoms with E-state index in [1.54, 1.807) is 11.3 Å². The van der Waals surface area contributed by atoms with Crippen LogP contribution < -0.4 is 4.90 Å². The number of nitrogens with zero attached hydrogens (tertiary/aromatic N) is 5. The SMILES string of the molecule is Cc1ccc2sc(N(CCCN3CCOCC3)C(=O)c3snnc3C)nc2c1C. The molecule has 0 atom stereocenters. The first-order chi connectivity index (χ1) is 14.0. The molecule has 7 nitrogen and oxygen atoms in total. The van der Waals surface area contributed by atoms with Crippen molar-refractivity contribution in [2.24, 2.45) is 0 Å². The molecule has 1 amide bonds. The van der Waals surface area contributed by atoms with Gasteiger partial charge in [0.25, 0.3) is 5.91 Å². The lowest BCUT2D eigenvalue weighted by Gasteiger charge is -2.27. The fraction of sp³-hybridized carbons (Fsp3) is 0.500. The van der Waals surface area contributed by atoms with Crippen molar-refractivity contribution in [1.82, 2.24) is 19.5 Å². The zero-order valence-corrected chi connectivity index (χ0v) is 18.6. The van der Waals surface area contributed by atoms with E-state index < -0.39 is 0 Å². The van der Waals surface area contributed by atoms with Gasteiger partial charge in [-0.2, -0.15) is 0 Å². The van der Waals surface area contributed by atoms with Gasteiger partial charge in [0.05, 0.1) is 29.1 Å². The molecule has 0 spiro atoms. The predicted molar refractivity (Wildman–Crippen MR) is 117 cm³/mol. The third-order valence-electron chi connectivity index (χ3n) is 5.36. The molecule has 0 bridgehead atoms. The molecule has 4 rings (SSSR count). The molecule has 9 heteroatoms. The number of aryl methyl sites for hydroxylation is 3. The van der Waals surface area contributed by atoms with E-state index >= 15 is 0 Å². The van der Waals surface area contributed by atoms with Gasteiger partial charge >= 0.3 is 0 Å². The van der Waals surface area contributed by atoms with Crippen LogP contribution >= 0.6 is 22.9 Å². The summed E-state index contributed by atoms with van der Waals surface area (Å²) < 4.78 is 10.5. The first-order valence-corrected chi connectivity index (χ1v) is 11.4. The lowest BCUT2D eigenvalue weighted by molar-refractivity contribution is 0.0376. The Bertz CT molecular complexity index is 1010. The van der Waals surface area contributed by atoms with Gasteiger partial charge in [0, 0.05) is 26.2 Å². The number of thiazole rings is 1. The number of carbonyl (C=O) groups is 1. The number of hydrogen-bond acceptors (Lipinski definition) is 8. The molecule has 1 saturated heterocycles. The first kappa shape index (κ1) is 20.3. The van der Waals surface area contributed by atoms with Crippen molar-refractivity contribution in [3.05, 3.63) is 33.8 Å². The van der Waals surface area contributed by atoms with Gasteiger partial charge in [-0.3, -0.25) is 14.6 Å². The molecule has 0 saturated carbocycles. The number of fused-ring (bicyclic) bond motifs is 1. The highest BCUT2D eigenvalue weighted by molar-refractivity contribution is 7.22. The number of hydrogen-bond donors (Lipinski definition) is 0. The maximum Gasteiger partial charge on any atom is 0.273 e. The Balaban J connectivity index is 1.60. The summed E-state index contributed by atoms with van der Waals surface area (Å²) in [7, 11) is 0. The van der Waals surface area contributed by atoms with Gasteiger partial charge in [-0.05, 0) is 55.9 Å². The second kappa shape index (κ2) is 8.83. The molecular formula is C20H25N5O2S2. The largest absolute Gasteiger partial charge is 0.379 e. The van der Waals surface area contributed by atoms with Crippen LogP contribution in [0.3, 0.4) is 0 Å². The number of anilines is 1. The van der Waals surface area contributed by atoms with Crippen LogP contribution in [-0.2, 0) is 4.74 Å². The van der Waals surface area contributed by atoms with Crippen molar-refractivity contribution in [3.63, 3.8) is 0 Å². The minimum atomic E-state index is -0.0621. The van der Waals surface area contributed by atoms with Crippen LogP contribution in [0.2, 0.25) is 0 Å². The Morgan fingerprint density at radius 2 is 2.03 bits per heavy atom. The summed E-state index contributed by atoms with van der Waals surface area (Å²) in [5.74, 6) is -0.0621. The number of rotatable bonds is 6. The maximum atomic E-state index is 13.3. The van der Waals surface area contributed by atoms with Crippen LogP contribution in [0.4, 0.5) is 5.13 Å². The molecule has 3 aromatic rings. The Hall–Kier alpha value is -1.94. The van der Waals surface area contributed by atoms with Crippen LogP contribution in [0, 0.1) is 20.8 Å². The van der Waals surface area contributed by atoms with Crippen molar-refractivity contribution >= 4 is 44.1 Å². The molecule has 0 radical (unpaired) electrons. The fourth-order valence-electron chi connectivity index (χ4n) is 3.44.